The smallest absolute Gasteiger partial charge is 0.342 e. The Morgan fingerprint density at radius 1 is 1.39 bits per heavy atom. The summed E-state index contributed by atoms with van der Waals surface area (Å²) in [7, 11) is 1.48. The topological polar surface area (TPSA) is 61.8 Å². The quantitative estimate of drug-likeness (QED) is 0.752. The molecule has 0 aromatic heterocycles. The number of methoxy groups -OCH3 is 1. The Bertz CT molecular complexity index is 492. The van der Waals surface area contributed by atoms with Crippen molar-refractivity contribution >= 4 is 11.9 Å². The Hall–Kier alpha value is -2.30. The van der Waals surface area contributed by atoms with Crippen LogP contribution in [0.3, 0.4) is 0 Å². The fraction of sp³-hybridized carbons (Fsp3) is 0.231. The second-order valence-corrected chi connectivity index (χ2v) is 3.63. The van der Waals surface area contributed by atoms with Crippen molar-refractivity contribution in [2.24, 2.45) is 0 Å². The van der Waals surface area contributed by atoms with Crippen molar-refractivity contribution in [1.29, 1.82) is 0 Å². The van der Waals surface area contributed by atoms with Gasteiger partial charge in [0.2, 0.25) is 0 Å². The Balaban J connectivity index is 1.95. The lowest BCUT2D eigenvalue weighted by molar-refractivity contribution is -0.140. The number of hydrogen-bond donors (Lipinski definition) is 0. The SMILES string of the molecule is COc1ccccc1C(=O)OC[C@@H]1C=CC(=O)O1. The van der Waals surface area contributed by atoms with E-state index in [2.05, 4.69) is 0 Å². The second-order valence-electron chi connectivity index (χ2n) is 3.63. The van der Waals surface area contributed by atoms with Gasteiger partial charge in [0, 0.05) is 6.08 Å². The molecule has 1 aromatic rings. The summed E-state index contributed by atoms with van der Waals surface area (Å²) in [6.45, 7) is -0.000871. The average Bonchev–Trinajstić information content (AvgIpc) is 2.81. The molecule has 0 radical (unpaired) electrons. The Morgan fingerprint density at radius 3 is 2.83 bits per heavy atom. The normalized spacial score (nSPS) is 17.4. The van der Waals surface area contributed by atoms with Crippen LogP contribution >= 0.6 is 0 Å². The van der Waals surface area contributed by atoms with E-state index in [1.807, 2.05) is 0 Å². The second kappa shape index (κ2) is 5.35. The van der Waals surface area contributed by atoms with Gasteiger partial charge in [-0.25, -0.2) is 9.59 Å². The number of carbonyl (C=O) groups excluding carboxylic acids is 2. The highest BCUT2D eigenvalue weighted by molar-refractivity contribution is 5.92. The largest absolute Gasteiger partial charge is 0.496 e. The zero-order valence-corrected chi connectivity index (χ0v) is 9.79. The van der Waals surface area contributed by atoms with Crippen LogP contribution in [-0.4, -0.2) is 31.8 Å². The number of cyclic esters (lactones) is 1. The molecule has 1 aromatic carbocycles. The predicted molar refractivity (Wildman–Crippen MR) is 62.3 cm³/mol. The van der Waals surface area contributed by atoms with Gasteiger partial charge in [0.15, 0.2) is 6.10 Å². The van der Waals surface area contributed by atoms with E-state index in [4.69, 9.17) is 14.2 Å². The standard InChI is InChI=1S/C13H12O5/c1-16-11-5-3-2-4-10(11)13(15)17-8-9-6-7-12(14)18-9/h2-7,9H,8H2,1H3/t9-/m0/s1. The van der Waals surface area contributed by atoms with Gasteiger partial charge in [-0.05, 0) is 18.2 Å². The molecule has 18 heavy (non-hydrogen) atoms. The van der Waals surface area contributed by atoms with E-state index in [0.717, 1.165) is 0 Å². The van der Waals surface area contributed by atoms with Gasteiger partial charge >= 0.3 is 11.9 Å². The van der Waals surface area contributed by atoms with Gasteiger partial charge in [-0.15, -0.1) is 0 Å². The van der Waals surface area contributed by atoms with Crippen LogP contribution in [0.4, 0.5) is 0 Å². The number of esters is 2. The van der Waals surface area contributed by atoms with E-state index >= 15 is 0 Å². The highest BCUT2D eigenvalue weighted by Crippen LogP contribution is 2.18. The highest BCUT2D eigenvalue weighted by Gasteiger charge is 2.20. The minimum Gasteiger partial charge on any atom is -0.496 e. The summed E-state index contributed by atoms with van der Waals surface area (Å²) in [6, 6.07) is 6.76. The lowest BCUT2D eigenvalue weighted by Gasteiger charge is -2.11. The summed E-state index contributed by atoms with van der Waals surface area (Å²) in [5.74, 6) is -0.487. The summed E-state index contributed by atoms with van der Waals surface area (Å²) in [5.41, 5.74) is 0.341. The maximum absolute atomic E-state index is 11.8. The number of rotatable bonds is 4. The number of benzene rings is 1. The average molecular weight is 248 g/mol. The summed E-state index contributed by atoms with van der Waals surface area (Å²) < 4.78 is 15.0. The lowest BCUT2D eigenvalue weighted by Crippen LogP contribution is -2.19. The molecule has 1 aliphatic heterocycles. The number of para-hydroxylation sites is 1. The maximum atomic E-state index is 11.8. The summed E-state index contributed by atoms with van der Waals surface area (Å²) in [4.78, 5) is 22.6. The first-order chi connectivity index (χ1) is 8.70. The molecule has 0 aliphatic carbocycles. The molecule has 0 N–H and O–H groups in total. The van der Waals surface area contributed by atoms with Gasteiger partial charge in [0.05, 0.1) is 7.11 Å². The molecule has 5 heteroatoms. The van der Waals surface area contributed by atoms with Crippen molar-refractivity contribution in [3.63, 3.8) is 0 Å². The van der Waals surface area contributed by atoms with Crippen LogP contribution in [0.1, 0.15) is 10.4 Å². The van der Waals surface area contributed by atoms with Crippen LogP contribution in [-0.2, 0) is 14.3 Å². The molecule has 5 nitrogen and oxygen atoms in total. The molecule has 0 bridgehead atoms. The van der Waals surface area contributed by atoms with Crippen molar-refractivity contribution in [1.82, 2.24) is 0 Å². The first-order valence-corrected chi connectivity index (χ1v) is 5.39. The van der Waals surface area contributed by atoms with Gasteiger partial charge < -0.3 is 14.2 Å². The van der Waals surface area contributed by atoms with Crippen LogP contribution in [0.5, 0.6) is 5.75 Å². The van der Waals surface area contributed by atoms with Crippen molar-refractivity contribution in [2.45, 2.75) is 6.10 Å². The highest BCUT2D eigenvalue weighted by atomic mass is 16.6. The zero-order chi connectivity index (χ0) is 13.0. The van der Waals surface area contributed by atoms with Gasteiger partial charge in [0.1, 0.15) is 17.9 Å². The first-order valence-electron chi connectivity index (χ1n) is 5.39. The molecular formula is C13H12O5. The molecule has 0 saturated heterocycles. The van der Waals surface area contributed by atoms with Gasteiger partial charge in [-0.1, -0.05) is 12.1 Å². The van der Waals surface area contributed by atoms with Crippen LogP contribution in [0.2, 0.25) is 0 Å². The summed E-state index contributed by atoms with van der Waals surface area (Å²) in [5, 5.41) is 0. The van der Waals surface area contributed by atoms with Crippen LogP contribution < -0.4 is 4.74 Å². The molecule has 1 aliphatic rings. The van der Waals surface area contributed by atoms with Crippen LogP contribution in [0, 0.1) is 0 Å². The molecule has 2 rings (SSSR count). The monoisotopic (exact) mass is 248 g/mol. The third-order valence-corrected chi connectivity index (χ3v) is 2.42. The number of hydrogen-bond acceptors (Lipinski definition) is 5. The molecule has 1 heterocycles. The third kappa shape index (κ3) is 2.68. The van der Waals surface area contributed by atoms with E-state index in [-0.39, 0.29) is 6.61 Å². The van der Waals surface area contributed by atoms with Gasteiger partial charge in [0.25, 0.3) is 0 Å². The molecule has 0 unspecified atom stereocenters. The van der Waals surface area contributed by atoms with Crippen LogP contribution in [0.25, 0.3) is 0 Å². The molecule has 0 spiro atoms. The summed E-state index contributed by atoms with van der Waals surface area (Å²) in [6.07, 6.45) is 2.36. The molecule has 0 amide bonds. The van der Waals surface area contributed by atoms with E-state index in [1.165, 1.54) is 13.2 Å². The van der Waals surface area contributed by atoms with Crippen molar-refractivity contribution in [2.75, 3.05) is 13.7 Å². The minimum atomic E-state index is -0.510. The zero-order valence-electron chi connectivity index (χ0n) is 9.79. The lowest BCUT2D eigenvalue weighted by atomic mass is 10.2. The molecule has 94 valence electrons. The fourth-order valence-corrected chi connectivity index (χ4v) is 1.55. The van der Waals surface area contributed by atoms with E-state index in [9.17, 15) is 9.59 Å². The van der Waals surface area contributed by atoms with Gasteiger partial charge in [-0.2, -0.15) is 0 Å². The van der Waals surface area contributed by atoms with E-state index in [1.54, 1.807) is 30.3 Å². The number of carbonyl (C=O) groups is 2. The first kappa shape index (κ1) is 12.2. The van der Waals surface area contributed by atoms with Crippen molar-refractivity contribution in [3.8, 4) is 5.75 Å². The number of ether oxygens (including phenoxy) is 3. The predicted octanol–water partition coefficient (Wildman–Crippen LogP) is 1.33. The Kier molecular flexibility index (Phi) is 3.62. The summed E-state index contributed by atoms with van der Waals surface area (Å²) >= 11 is 0. The Labute approximate surface area is 104 Å². The maximum Gasteiger partial charge on any atom is 0.342 e. The van der Waals surface area contributed by atoms with Crippen molar-refractivity contribution in [3.05, 3.63) is 42.0 Å². The molecule has 1 atom stereocenters. The Morgan fingerprint density at radius 2 is 2.17 bits per heavy atom. The minimum absolute atomic E-state index is 0.000871. The fourth-order valence-electron chi connectivity index (χ4n) is 1.55. The van der Waals surface area contributed by atoms with Crippen LogP contribution in [0.15, 0.2) is 36.4 Å². The third-order valence-electron chi connectivity index (χ3n) is 2.42. The van der Waals surface area contributed by atoms with Gasteiger partial charge in [-0.3, -0.25) is 0 Å². The molecule has 0 fully saturated rings. The van der Waals surface area contributed by atoms with E-state index < -0.39 is 18.0 Å². The van der Waals surface area contributed by atoms with Crippen molar-refractivity contribution < 1.29 is 23.8 Å². The molecule has 0 saturated carbocycles. The van der Waals surface area contributed by atoms with E-state index in [0.29, 0.717) is 11.3 Å². The molecular weight excluding hydrogens is 236 g/mol.